The number of fused-ring (bicyclic) bond motifs is 1. The molecule has 0 aromatic heterocycles. The summed E-state index contributed by atoms with van der Waals surface area (Å²) in [5.74, 6) is 1.40. The highest BCUT2D eigenvalue weighted by atomic mass is 35.5. The Kier molecular flexibility index (Phi) is 5.26. The average molecular weight is 359 g/mol. The molecule has 25 heavy (non-hydrogen) atoms. The summed E-state index contributed by atoms with van der Waals surface area (Å²) < 4.78 is 11.0. The van der Waals surface area contributed by atoms with Gasteiger partial charge in [0.05, 0.1) is 12.8 Å². The first kappa shape index (κ1) is 17.3. The van der Waals surface area contributed by atoms with E-state index in [9.17, 15) is 4.79 Å². The van der Waals surface area contributed by atoms with Gasteiger partial charge in [0.2, 0.25) is 0 Å². The van der Waals surface area contributed by atoms with Gasteiger partial charge in [0.1, 0.15) is 5.75 Å². The fourth-order valence-corrected chi connectivity index (χ4v) is 2.77. The molecule has 0 saturated carbocycles. The van der Waals surface area contributed by atoms with E-state index in [0.717, 1.165) is 11.3 Å². The van der Waals surface area contributed by atoms with E-state index in [1.807, 2.05) is 24.3 Å². The van der Waals surface area contributed by atoms with Gasteiger partial charge in [-0.1, -0.05) is 23.7 Å². The fraction of sp³-hybridized carbons (Fsp3) is 0.211. The molecule has 130 valence electrons. The molecule has 1 amide bonds. The van der Waals surface area contributed by atoms with Gasteiger partial charge >= 0.3 is 0 Å². The number of anilines is 1. The zero-order valence-corrected chi connectivity index (χ0v) is 14.6. The molecule has 2 aromatic carbocycles. The Bertz CT molecular complexity index is 803. The van der Waals surface area contributed by atoms with Gasteiger partial charge in [0.15, 0.2) is 11.5 Å². The highest BCUT2D eigenvalue weighted by molar-refractivity contribution is 6.31. The van der Waals surface area contributed by atoms with Crippen molar-refractivity contribution in [1.82, 2.24) is 0 Å². The average Bonchev–Trinajstić information content (AvgIpc) is 2.63. The van der Waals surface area contributed by atoms with Crippen LogP contribution in [-0.4, -0.2) is 26.1 Å². The van der Waals surface area contributed by atoms with Gasteiger partial charge in [0, 0.05) is 11.6 Å². The lowest BCUT2D eigenvalue weighted by atomic mass is 10.1. The number of hydrogen-bond acceptors (Lipinski definition) is 4. The summed E-state index contributed by atoms with van der Waals surface area (Å²) in [6.07, 6.45) is 2.41. The Balaban J connectivity index is 1.96. The third-order valence-corrected chi connectivity index (χ3v) is 4.12. The minimum atomic E-state index is -0.209. The van der Waals surface area contributed by atoms with E-state index in [-0.39, 0.29) is 11.7 Å². The van der Waals surface area contributed by atoms with Gasteiger partial charge in [-0.05, 0) is 54.9 Å². The maximum Gasteiger partial charge on any atom is 0.294 e. The third kappa shape index (κ3) is 3.78. The molecule has 0 spiro atoms. The molecule has 1 heterocycles. The normalized spacial score (nSPS) is 15.1. The molecule has 2 aromatic rings. The van der Waals surface area contributed by atoms with Crippen molar-refractivity contribution in [1.29, 1.82) is 0 Å². The first-order valence-electron chi connectivity index (χ1n) is 7.97. The zero-order valence-electron chi connectivity index (χ0n) is 13.9. The predicted molar refractivity (Wildman–Crippen MR) is 99.1 cm³/mol. The van der Waals surface area contributed by atoms with Crippen molar-refractivity contribution >= 4 is 29.3 Å². The summed E-state index contributed by atoms with van der Waals surface area (Å²) in [5, 5.41) is 0.551. The quantitative estimate of drug-likeness (QED) is 0.831. The molecule has 5 nitrogen and oxygen atoms in total. The smallest absolute Gasteiger partial charge is 0.294 e. The lowest BCUT2D eigenvalue weighted by Crippen LogP contribution is -2.38. The first-order chi connectivity index (χ1) is 12.1. The highest BCUT2D eigenvalue weighted by Gasteiger charge is 2.30. The van der Waals surface area contributed by atoms with Crippen LogP contribution in [-0.2, 0) is 4.79 Å². The van der Waals surface area contributed by atoms with E-state index in [0.29, 0.717) is 36.0 Å². The van der Waals surface area contributed by atoms with Gasteiger partial charge in [-0.2, -0.15) is 0 Å². The number of carbonyl (C=O) groups is 1. The van der Waals surface area contributed by atoms with Gasteiger partial charge in [-0.25, -0.2) is 0 Å². The third-order valence-electron chi connectivity index (χ3n) is 3.89. The minimum Gasteiger partial charge on any atom is -0.497 e. The fourth-order valence-electron chi connectivity index (χ4n) is 2.61. The van der Waals surface area contributed by atoms with Crippen LogP contribution < -0.4 is 20.1 Å². The summed E-state index contributed by atoms with van der Waals surface area (Å²) in [6, 6.07) is 12.6. The minimum absolute atomic E-state index is 0.209. The van der Waals surface area contributed by atoms with Gasteiger partial charge in [0.25, 0.3) is 5.91 Å². The predicted octanol–water partition coefficient (Wildman–Crippen LogP) is 3.46. The number of methoxy groups -OCH3 is 1. The molecule has 2 N–H and O–H groups in total. The van der Waals surface area contributed by atoms with Crippen LogP contribution in [0.1, 0.15) is 12.0 Å². The molecule has 0 aliphatic carbocycles. The summed E-state index contributed by atoms with van der Waals surface area (Å²) in [5.41, 5.74) is 7.12. The second-order valence-electron chi connectivity index (χ2n) is 5.59. The summed E-state index contributed by atoms with van der Waals surface area (Å²) in [6.45, 7) is 1.00. The number of halogens is 1. The Morgan fingerprint density at radius 3 is 2.68 bits per heavy atom. The highest BCUT2D eigenvalue weighted by Crippen LogP contribution is 2.37. The van der Waals surface area contributed by atoms with Crippen LogP contribution >= 0.6 is 11.6 Å². The van der Waals surface area contributed by atoms with E-state index in [2.05, 4.69) is 0 Å². The van der Waals surface area contributed by atoms with Crippen LogP contribution in [0.15, 0.2) is 48.2 Å². The SMILES string of the molecule is COc1ccc(/C=C2/Oc3ccc(Cl)cc3N(CCCN)C2=O)cc1. The van der Waals surface area contributed by atoms with Crippen molar-refractivity contribution in [3.63, 3.8) is 0 Å². The van der Waals surface area contributed by atoms with E-state index >= 15 is 0 Å². The van der Waals surface area contributed by atoms with Crippen molar-refractivity contribution < 1.29 is 14.3 Å². The standard InChI is InChI=1S/C19H19ClN2O3/c1-24-15-6-3-13(4-7-15)11-18-19(23)22(10-2-9-21)16-12-14(20)5-8-17(16)25-18/h3-8,11-12H,2,9-10,21H2,1H3/b18-11+. The van der Waals surface area contributed by atoms with Crippen molar-refractivity contribution in [3.05, 3.63) is 58.8 Å². The van der Waals surface area contributed by atoms with E-state index < -0.39 is 0 Å². The molecule has 0 radical (unpaired) electrons. The van der Waals surface area contributed by atoms with Crippen molar-refractivity contribution in [2.24, 2.45) is 5.73 Å². The van der Waals surface area contributed by atoms with Crippen LogP contribution in [0.2, 0.25) is 5.02 Å². The van der Waals surface area contributed by atoms with Crippen molar-refractivity contribution in [2.45, 2.75) is 6.42 Å². The monoisotopic (exact) mass is 358 g/mol. The molecule has 0 bridgehead atoms. The topological polar surface area (TPSA) is 64.8 Å². The van der Waals surface area contributed by atoms with Crippen LogP contribution in [0.25, 0.3) is 6.08 Å². The van der Waals surface area contributed by atoms with Crippen molar-refractivity contribution in [3.8, 4) is 11.5 Å². The second-order valence-corrected chi connectivity index (χ2v) is 6.03. The Morgan fingerprint density at radius 1 is 1.24 bits per heavy atom. The maximum absolute atomic E-state index is 12.9. The zero-order chi connectivity index (χ0) is 17.8. The van der Waals surface area contributed by atoms with E-state index in [1.54, 1.807) is 36.3 Å². The molecule has 0 fully saturated rings. The number of carbonyl (C=O) groups excluding carboxylic acids is 1. The molecule has 6 heteroatoms. The van der Waals surface area contributed by atoms with Crippen LogP contribution in [0.4, 0.5) is 5.69 Å². The summed E-state index contributed by atoms with van der Waals surface area (Å²) in [4.78, 5) is 14.5. The van der Waals surface area contributed by atoms with E-state index in [1.165, 1.54) is 0 Å². The number of benzene rings is 2. The Labute approximate surface area is 151 Å². The van der Waals surface area contributed by atoms with E-state index in [4.69, 9.17) is 26.8 Å². The lowest BCUT2D eigenvalue weighted by molar-refractivity contribution is -0.117. The molecule has 0 unspecified atom stereocenters. The van der Waals surface area contributed by atoms with Gasteiger partial charge in [-0.15, -0.1) is 0 Å². The lowest BCUT2D eigenvalue weighted by Gasteiger charge is -2.30. The largest absolute Gasteiger partial charge is 0.497 e. The van der Waals surface area contributed by atoms with Crippen LogP contribution in [0.5, 0.6) is 11.5 Å². The number of rotatable bonds is 5. The van der Waals surface area contributed by atoms with Crippen LogP contribution in [0, 0.1) is 0 Å². The Hall–Kier alpha value is -2.50. The molecule has 0 saturated heterocycles. The van der Waals surface area contributed by atoms with Crippen LogP contribution in [0.3, 0.4) is 0 Å². The molecular weight excluding hydrogens is 340 g/mol. The van der Waals surface area contributed by atoms with Crippen molar-refractivity contribution in [2.75, 3.05) is 25.1 Å². The molecule has 0 atom stereocenters. The number of nitrogens with two attached hydrogens (primary N) is 1. The van der Waals surface area contributed by atoms with Gasteiger partial charge in [-0.3, -0.25) is 4.79 Å². The van der Waals surface area contributed by atoms with Gasteiger partial charge < -0.3 is 20.1 Å². The molecule has 1 aliphatic heterocycles. The summed E-state index contributed by atoms with van der Waals surface area (Å²) in [7, 11) is 1.61. The maximum atomic E-state index is 12.9. The number of ether oxygens (including phenoxy) is 2. The first-order valence-corrected chi connectivity index (χ1v) is 8.35. The molecule has 3 rings (SSSR count). The number of hydrogen-bond donors (Lipinski definition) is 1. The molecule has 1 aliphatic rings. The second kappa shape index (κ2) is 7.59. The summed E-state index contributed by atoms with van der Waals surface area (Å²) >= 11 is 6.07. The Morgan fingerprint density at radius 2 is 2.00 bits per heavy atom. The number of amides is 1. The number of nitrogens with zero attached hydrogens (tertiary/aromatic N) is 1. The molecular formula is C19H19ClN2O3.